The van der Waals surface area contributed by atoms with E-state index in [1.165, 1.54) is 11.1 Å². The first-order valence-corrected chi connectivity index (χ1v) is 7.07. The summed E-state index contributed by atoms with van der Waals surface area (Å²) in [7, 11) is 0. The lowest BCUT2D eigenvalue weighted by Crippen LogP contribution is -2.32. The van der Waals surface area contributed by atoms with Crippen molar-refractivity contribution in [1.29, 1.82) is 5.26 Å². The molecule has 1 aliphatic carbocycles. The van der Waals surface area contributed by atoms with E-state index in [0.717, 1.165) is 31.4 Å². The fourth-order valence-corrected chi connectivity index (χ4v) is 3.64. The summed E-state index contributed by atoms with van der Waals surface area (Å²) in [5.41, 5.74) is 3.17. The summed E-state index contributed by atoms with van der Waals surface area (Å²) in [6, 6.07) is 8.45. The third kappa shape index (κ3) is 1.83. The average molecular weight is 254 g/mol. The van der Waals surface area contributed by atoms with E-state index in [0.29, 0.717) is 12.3 Å². The number of hydrogen-bond donors (Lipinski definition) is 0. The Balaban J connectivity index is 2.06. The molecular formula is C16H18N2O. The van der Waals surface area contributed by atoms with Gasteiger partial charge in [0.15, 0.2) is 0 Å². The fourth-order valence-electron chi connectivity index (χ4n) is 3.64. The minimum atomic E-state index is 0.212. The highest BCUT2D eigenvalue weighted by atomic mass is 16.2. The van der Waals surface area contributed by atoms with Crippen molar-refractivity contribution in [1.82, 2.24) is 4.90 Å². The number of likely N-dealkylation sites (tertiary alicyclic amines) is 1. The maximum atomic E-state index is 12.2. The van der Waals surface area contributed by atoms with Crippen molar-refractivity contribution >= 4 is 5.91 Å². The molecule has 1 aromatic rings. The maximum Gasteiger partial charge on any atom is 0.223 e. The maximum absolute atomic E-state index is 12.2. The lowest BCUT2D eigenvalue weighted by molar-refractivity contribution is -0.129. The van der Waals surface area contributed by atoms with Crippen molar-refractivity contribution in [3.63, 3.8) is 0 Å². The van der Waals surface area contributed by atoms with Crippen molar-refractivity contribution in [2.24, 2.45) is 5.92 Å². The van der Waals surface area contributed by atoms with Gasteiger partial charge in [0.2, 0.25) is 5.91 Å². The Hall–Kier alpha value is -1.82. The molecule has 3 rings (SSSR count). The summed E-state index contributed by atoms with van der Waals surface area (Å²) in [5.74, 6) is 0.729. The van der Waals surface area contributed by atoms with Gasteiger partial charge in [0.25, 0.3) is 0 Å². The fraction of sp³-hybridized carbons (Fsp3) is 0.500. The van der Waals surface area contributed by atoms with Crippen molar-refractivity contribution in [3.05, 3.63) is 34.9 Å². The number of nitriles is 1. The number of nitrogens with zero attached hydrogens (tertiary/aromatic N) is 2. The Morgan fingerprint density at radius 2 is 2.32 bits per heavy atom. The highest BCUT2D eigenvalue weighted by Gasteiger charge is 2.43. The summed E-state index contributed by atoms with van der Waals surface area (Å²) in [5, 5.41) is 9.22. The first kappa shape index (κ1) is 12.2. The second-order valence-electron chi connectivity index (χ2n) is 5.52. The quantitative estimate of drug-likeness (QED) is 0.814. The average Bonchev–Trinajstić information content (AvgIpc) is 2.75. The van der Waals surface area contributed by atoms with Crippen LogP contribution in [0.2, 0.25) is 0 Å². The van der Waals surface area contributed by atoms with Gasteiger partial charge in [-0.15, -0.1) is 0 Å². The smallest absolute Gasteiger partial charge is 0.223 e. The van der Waals surface area contributed by atoms with Gasteiger partial charge in [-0.25, -0.2) is 0 Å². The molecule has 1 aliphatic heterocycles. The highest BCUT2D eigenvalue weighted by Crippen LogP contribution is 2.46. The predicted octanol–water partition coefficient (Wildman–Crippen LogP) is 2.80. The molecule has 19 heavy (non-hydrogen) atoms. The van der Waals surface area contributed by atoms with Gasteiger partial charge in [0.05, 0.1) is 17.7 Å². The highest BCUT2D eigenvalue weighted by molar-refractivity contribution is 5.80. The van der Waals surface area contributed by atoms with Crippen LogP contribution in [0.1, 0.15) is 48.9 Å². The van der Waals surface area contributed by atoms with Crippen LogP contribution in [0, 0.1) is 17.2 Å². The lowest BCUT2D eigenvalue weighted by atomic mass is 9.78. The Bertz CT molecular complexity index is 558. The molecular weight excluding hydrogens is 236 g/mol. The first-order chi connectivity index (χ1) is 9.26. The topological polar surface area (TPSA) is 44.1 Å². The number of carbonyl (C=O) groups is 1. The van der Waals surface area contributed by atoms with Gasteiger partial charge in [0.1, 0.15) is 0 Å². The molecule has 3 nitrogen and oxygen atoms in total. The Morgan fingerprint density at radius 3 is 3.05 bits per heavy atom. The number of amides is 1. The molecule has 0 spiro atoms. The summed E-state index contributed by atoms with van der Waals surface area (Å²) in [6.07, 6.45) is 3.64. The van der Waals surface area contributed by atoms with Crippen LogP contribution in [0.25, 0.3) is 0 Å². The Labute approximate surface area is 113 Å². The van der Waals surface area contributed by atoms with Gasteiger partial charge in [0, 0.05) is 13.0 Å². The Morgan fingerprint density at radius 1 is 1.47 bits per heavy atom. The molecule has 0 bridgehead atoms. The van der Waals surface area contributed by atoms with E-state index in [4.69, 9.17) is 0 Å². The number of benzene rings is 1. The van der Waals surface area contributed by atoms with Crippen LogP contribution in [-0.4, -0.2) is 17.4 Å². The zero-order valence-corrected chi connectivity index (χ0v) is 11.2. The zero-order valence-electron chi connectivity index (χ0n) is 11.2. The number of carbonyl (C=O) groups excluding carboxylic acids is 1. The van der Waals surface area contributed by atoms with Crippen LogP contribution < -0.4 is 0 Å². The molecule has 0 N–H and O–H groups in total. The normalized spacial score (nSPS) is 24.8. The largest absolute Gasteiger partial charge is 0.335 e. The van der Waals surface area contributed by atoms with Crippen molar-refractivity contribution < 1.29 is 4.79 Å². The molecule has 1 heterocycles. The van der Waals surface area contributed by atoms with Crippen LogP contribution in [-0.2, 0) is 11.2 Å². The van der Waals surface area contributed by atoms with Crippen LogP contribution in [0.3, 0.4) is 0 Å². The number of hydrogen-bond acceptors (Lipinski definition) is 2. The van der Waals surface area contributed by atoms with Gasteiger partial charge in [-0.2, -0.15) is 5.26 Å². The summed E-state index contributed by atoms with van der Waals surface area (Å²) < 4.78 is 0. The van der Waals surface area contributed by atoms with Crippen LogP contribution in [0.15, 0.2) is 18.2 Å². The first-order valence-electron chi connectivity index (χ1n) is 7.07. The number of fused-ring (bicyclic) bond motifs is 3. The van der Waals surface area contributed by atoms with Crippen molar-refractivity contribution in [2.75, 3.05) is 6.54 Å². The lowest BCUT2D eigenvalue weighted by Gasteiger charge is -2.34. The van der Waals surface area contributed by atoms with Gasteiger partial charge in [-0.1, -0.05) is 19.1 Å². The molecule has 0 aromatic heterocycles. The molecule has 2 aliphatic rings. The van der Waals surface area contributed by atoms with Gasteiger partial charge in [-0.3, -0.25) is 4.79 Å². The summed E-state index contributed by atoms with van der Waals surface area (Å²) in [4.78, 5) is 14.2. The standard InChI is InChI=1S/C16H18N2O/c1-2-8-18-15(19)9-11-6-7-13-12(10-17)4-3-5-14(13)16(11)18/h3-5,11,16H,2,6-9H2,1H3. The zero-order chi connectivity index (χ0) is 13.4. The van der Waals surface area contributed by atoms with E-state index in [2.05, 4.69) is 19.1 Å². The van der Waals surface area contributed by atoms with Crippen molar-refractivity contribution in [3.8, 4) is 6.07 Å². The minimum absolute atomic E-state index is 0.212. The Kier molecular flexibility index (Phi) is 3.02. The van der Waals surface area contributed by atoms with Crippen molar-refractivity contribution in [2.45, 2.75) is 38.6 Å². The second-order valence-corrected chi connectivity index (χ2v) is 5.52. The second kappa shape index (κ2) is 4.70. The molecule has 2 unspecified atom stereocenters. The van der Waals surface area contributed by atoms with E-state index in [1.807, 2.05) is 17.0 Å². The molecule has 98 valence electrons. The van der Waals surface area contributed by atoms with Crippen LogP contribution in [0.4, 0.5) is 0 Å². The molecule has 0 radical (unpaired) electrons. The van der Waals surface area contributed by atoms with Crippen LogP contribution >= 0.6 is 0 Å². The predicted molar refractivity (Wildman–Crippen MR) is 72.3 cm³/mol. The SMILES string of the molecule is CCCN1C(=O)CC2CCc3c(C#N)cccc3C21. The van der Waals surface area contributed by atoms with Gasteiger partial charge in [-0.05, 0) is 42.4 Å². The third-order valence-corrected chi connectivity index (χ3v) is 4.42. The molecule has 1 fully saturated rings. The van der Waals surface area contributed by atoms with Crippen LogP contribution in [0.5, 0.6) is 0 Å². The third-order valence-electron chi connectivity index (χ3n) is 4.42. The molecule has 1 amide bonds. The van der Waals surface area contributed by atoms with Gasteiger partial charge < -0.3 is 4.90 Å². The van der Waals surface area contributed by atoms with E-state index in [9.17, 15) is 10.1 Å². The van der Waals surface area contributed by atoms with E-state index >= 15 is 0 Å². The molecule has 1 saturated heterocycles. The summed E-state index contributed by atoms with van der Waals surface area (Å²) in [6.45, 7) is 2.94. The number of rotatable bonds is 2. The molecule has 0 saturated carbocycles. The monoisotopic (exact) mass is 254 g/mol. The molecule has 1 aromatic carbocycles. The molecule has 2 atom stereocenters. The van der Waals surface area contributed by atoms with Gasteiger partial charge >= 0.3 is 0 Å². The van der Waals surface area contributed by atoms with E-state index in [1.54, 1.807) is 0 Å². The van der Waals surface area contributed by atoms with E-state index in [-0.39, 0.29) is 11.9 Å². The summed E-state index contributed by atoms with van der Waals surface area (Å²) >= 11 is 0. The molecule has 3 heteroatoms. The van der Waals surface area contributed by atoms with E-state index < -0.39 is 0 Å². The minimum Gasteiger partial charge on any atom is -0.335 e.